The number of carbonyl (C=O) groups is 1. The second-order valence-electron chi connectivity index (χ2n) is 4.99. The molecule has 1 aromatic heterocycles. The first-order valence-corrected chi connectivity index (χ1v) is 6.87. The van der Waals surface area contributed by atoms with Gasteiger partial charge in [0.25, 0.3) is 0 Å². The molecule has 21 heavy (non-hydrogen) atoms. The van der Waals surface area contributed by atoms with Crippen molar-refractivity contribution in [1.82, 2.24) is 10.2 Å². The van der Waals surface area contributed by atoms with Crippen molar-refractivity contribution in [1.29, 1.82) is 0 Å². The number of rotatable bonds is 3. The summed E-state index contributed by atoms with van der Waals surface area (Å²) >= 11 is 0. The van der Waals surface area contributed by atoms with E-state index in [1.807, 2.05) is 12.1 Å². The number of fused-ring (bicyclic) bond motifs is 1. The highest BCUT2D eigenvalue weighted by Gasteiger charge is 2.20. The molecule has 0 aliphatic carbocycles. The van der Waals surface area contributed by atoms with Crippen LogP contribution in [0.15, 0.2) is 18.3 Å². The van der Waals surface area contributed by atoms with Crippen molar-refractivity contribution in [2.45, 2.75) is 12.8 Å². The molecule has 0 spiro atoms. The van der Waals surface area contributed by atoms with Crippen LogP contribution < -0.4 is 14.4 Å². The highest BCUT2D eigenvalue weighted by molar-refractivity contribution is 5.94. The fraction of sp³-hybridized carbons (Fsp3) is 0.400. The maximum absolute atomic E-state index is 11.4. The lowest BCUT2D eigenvalue weighted by Crippen LogP contribution is -2.34. The van der Waals surface area contributed by atoms with Gasteiger partial charge in [-0.05, 0) is 12.1 Å². The first-order chi connectivity index (χ1) is 10.2. The van der Waals surface area contributed by atoms with Crippen molar-refractivity contribution in [3.63, 3.8) is 0 Å². The number of Topliss-reactive ketones (excluding diaryl/α,β-unsaturated/α-hetero) is 1. The molecule has 1 fully saturated rings. The predicted octanol–water partition coefficient (Wildman–Crippen LogP) is 1.82. The second kappa shape index (κ2) is 5.55. The molecule has 3 rings (SSSR count). The molecule has 110 valence electrons. The summed E-state index contributed by atoms with van der Waals surface area (Å²) in [4.78, 5) is 13.5. The average molecular weight is 287 g/mol. The van der Waals surface area contributed by atoms with Crippen molar-refractivity contribution in [2.24, 2.45) is 0 Å². The molecule has 1 aliphatic heterocycles. The number of hydrogen-bond donors (Lipinski definition) is 0. The molecular formula is C15H17N3O3. The Bertz CT molecular complexity index is 677. The summed E-state index contributed by atoms with van der Waals surface area (Å²) in [5.74, 6) is 2.42. The molecule has 0 atom stereocenters. The zero-order valence-electron chi connectivity index (χ0n) is 12.1. The van der Waals surface area contributed by atoms with E-state index in [1.54, 1.807) is 20.4 Å². The minimum atomic E-state index is 0.304. The fourth-order valence-corrected chi connectivity index (χ4v) is 2.60. The number of ether oxygens (including phenoxy) is 2. The number of piperidine rings is 1. The molecule has 1 saturated heterocycles. The first kappa shape index (κ1) is 13.6. The van der Waals surface area contributed by atoms with Gasteiger partial charge in [-0.25, -0.2) is 0 Å². The Morgan fingerprint density at radius 1 is 1.10 bits per heavy atom. The van der Waals surface area contributed by atoms with Gasteiger partial charge in [0, 0.05) is 36.7 Å². The number of hydrogen-bond acceptors (Lipinski definition) is 6. The quantitative estimate of drug-likeness (QED) is 0.858. The van der Waals surface area contributed by atoms with Crippen molar-refractivity contribution in [2.75, 3.05) is 32.2 Å². The average Bonchev–Trinajstić information content (AvgIpc) is 2.53. The van der Waals surface area contributed by atoms with Crippen LogP contribution in [0.5, 0.6) is 11.5 Å². The second-order valence-corrected chi connectivity index (χ2v) is 4.99. The molecule has 2 aromatic rings. The lowest BCUT2D eigenvalue weighted by Gasteiger charge is -2.27. The Balaban J connectivity index is 2.08. The van der Waals surface area contributed by atoms with E-state index in [1.165, 1.54) is 0 Å². The summed E-state index contributed by atoms with van der Waals surface area (Å²) in [5, 5.41) is 10.2. The Morgan fingerprint density at radius 3 is 2.43 bits per heavy atom. The summed E-state index contributed by atoms with van der Waals surface area (Å²) in [6.07, 6.45) is 2.83. The number of aromatic nitrogens is 2. The van der Waals surface area contributed by atoms with Crippen LogP contribution in [0.25, 0.3) is 10.8 Å². The van der Waals surface area contributed by atoms with Gasteiger partial charge in [0.1, 0.15) is 5.78 Å². The van der Waals surface area contributed by atoms with E-state index in [2.05, 4.69) is 15.1 Å². The van der Waals surface area contributed by atoms with Crippen molar-refractivity contribution in [3.8, 4) is 11.5 Å². The van der Waals surface area contributed by atoms with E-state index in [9.17, 15) is 4.79 Å². The summed E-state index contributed by atoms with van der Waals surface area (Å²) in [6.45, 7) is 1.36. The number of carbonyl (C=O) groups excluding carboxylic acids is 1. The summed E-state index contributed by atoms with van der Waals surface area (Å²) in [6, 6.07) is 3.80. The van der Waals surface area contributed by atoms with Gasteiger partial charge in [-0.1, -0.05) is 0 Å². The van der Waals surface area contributed by atoms with Crippen LogP contribution >= 0.6 is 0 Å². The van der Waals surface area contributed by atoms with Crippen LogP contribution in [0.4, 0.5) is 5.82 Å². The monoisotopic (exact) mass is 287 g/mol. The van der Waals surface area contributed by atoms with Gasteiger partial charge >= 0.3 is 0 Å². The molecule has 0 bridgehead atoms. The Morgan fingerprint density at radius 2 is 1.76 bits per heavy atom. The van der Waals surface area contributed by atoms with Crippen LogP contribution in [0.2, 0.25) is 0 Å². The minimum absolute atomic E-state index is 0.304. The van der Waals surface area contributed by atoms with Crippen molar-refractivity contribution < 1.29 is 14.3 Å². The fourth-order valence-electron chi connectivity index (χ4n) is 2.60. The van der Waals surface area contributed by atoms with E-state index < -0.39 is 0 Å². The van der Waals surface area contributed by atoms with E-state index >= 15 is 0 Å². The first-order valence-electron chi connectivity index (χ1n) is 6.87. The largest absolute Gasteiger partial charge is 0.493 e. The van der Waals surface area contributed by atoms with E-state index in [0.717, 1.165) is 16.6 Å². The highest BCUT2D eigenvalue weighted by atomic mass is 16.5. The molecule has 2 heterocycles. The highest BCUT2D eigenvalue weighted by Crippen LogP contribution is 2.35. The van der Waals surface area contributed by atoms with Gasteiger partial charge in [0.2, 0.25) is 0 Å². The molecule has 0 radical (unpaired) electrons. The maximum atomic E-state index is 11.4. The zero-order valence-corrected chi connectivity index (χ0v) is 12.1. The summed E-state index contributed by atoms with van der Waals surface area (Å²) < 4.78 is 10.7. The van der Waals surface area contributed by atoms with Gasteiger partial charge in [-0.2, -0.15) is 5.10 Å². The van der Waals surface area contributed by atoms with Crippen LogP contribution in [-0.2, 0) is 4.79 Å². The van der Waals surface area contributed by atoms with E-state index in [-0.39, 0.29) is 0 Å². The standard InChI is InChI=1S/C15H17N3O3/c1-20-13-7-10-9-16-17-15(12(10)8-14(13)21-2)18-5-3-11(19)4-6-18/h7-9H,3-6H2,1-2H3. The zero-order chi connectivity index (χ0) is 14.8. The smallest absolute Gasteiger partial charge is 0.161 e. The Hall–Kier alpha value is -2.37. The third-order valence-electron chi connectivity index (χ3n) is 3.77. The molecule has 6 nitrogen and oxygen atoms in total. The predicted molar refractivity (Wildman–Crippen MR) is 79.1 cm³/mol. The van der Waals surface area contributed by atoms with Crippen molar-refractivity contribution >= 4 is 22.4 Å². The summed E-state index contributed by atoms with van der Waals surface area (Å²) in [5.41, 5.74) is 0. The minimum Gasteiger partial charge on any atom is -0.493 e. The lowest BCUT2D eigenvalue weighted by atomic mass is 10.1. The molecule has 1 aliphatic rings. The Kier molecular flexibility index (Phi) is 3.60. The molecule has 1 aromatic carbocycles. The third-order valence-corrected chi connectivity index (χ3v) is 3.77. The van der Waals surface area contributed by atoms with E-state index in [0.29, 0.717) is 43.2 Å². The molecule has 6 heteroatoms. The Labute approximate surface area is 122 Å². The topological polar surface area (TPSA) is 64.6 Å². The van der Waals surface area contributed by atoms with Crippen molar-refractivity contribution in [3.05, 3.63) is 18.3 Å². The van der Waals surface area contributed by atoms with Gasteiger partial charge in [-0.15, -0.1) is 5.10 Å². The molecule has 0 saturated carbocycles. The van der Waals surface area contributed by atoms with Crippen LogP contribution in [0.1, 0.15) is 12.8 Å². The number of ketones is 1. The van der Waals surface area contributed by atoms with Crippen LogP contribution in [0.3, 0.4) is 0 Å². The lowest BCUT2D eigenvalue weighted by molar-refractivity contribution is -0.119. The molecule has 0 N–H and O–H groups in total. The van der Waals surface area contributed by atoms with Gasteiger partial charge < -0.3 is 14.4 Å². The van der Waals surface area contributed by atoms with Gasteiger partial charge in [-0.3, -0.25) is 4.79 Å². The van der Waals surface area contributed by atoms with Crippen LogP contribution in [0, 0.1) is 0 Å². The normalized spacial score (nSPS) is 15.3. The maximum Gasteiger partial charge on any atom is 0.161 e. The molecule has 0 amide bonds. The number of methoxy groups -OCH3 is 2. The van der Waals surface area contributed by atoms with Gasteiger partial charge in [0.15, 0.2) is 17.3 Å². The number of nitrogens with zero attached hydrogens (tertiary/aromatic N) is 3. The molecule has 0 unspecified atom stereocenters. The van der Waals surface area contributed by atoms with Crippen LogP contribution in [-0.4, -0.2) is 43.3 Å². The number of anilines is 1. The van der Waals surface area contributed by atoms with E-state index in [4.69, 9.17) is 9.47 Å². The number of benzene rings is 1. The summed E-state index contributed by atoms with van der Waals surface area (Å²) in [7, 11) is 3.22. The van der Waals surface area contributed by atoms with Gasteiger partial charge in [0.05, 0.1) is 20.4 Å². The third kappa shape index (κ3) is 2.49. The molecular weight excluding hydrogens is 270 g/mol. The SMILES string of the molecule is COc1cc2cnnc(N3CCC(=O)CC3)c2cc1OC.